The van der Waals surface area contributed by atoms with Crippen LogP contribution >= 0.6 is 0 Å². The van der Waals surface area contributed by atoms with Crippen LogP contribution in [-0.4, -0.2) is 61.8 Å². The summed E-state index contributed by atoms with van der Waals surface area (Å²) in [6.45, 7) is 5.66. The molecule has 0 saturated heterocycles. The van der Waals surface area contributed by atoms with Crippen molar-refractivity contribution in [2.45, 2.75) is 63.3 Å². The molecule has 1 aromatic carbocycles. The Morgan fingerprint density at radius 2 is 1.11 bits per heavy atom. The van der Waals surface area contributed by atoms with Gasteiger partial charge in [-0.25, -0.2) is 0 Å². The lowest BCUT2D eigenvalue weighted by molar-refractivity contribution is -0.238. The molecule has 0 aromatic heterocycles. The van der Waals surface area contributed by atoms with Crippen LogP contribution in [-0.2, 0) is 56.0 Å². The molecular formula is C28H32O9. The minimum Gasteiger partial charge on any atom is -0.431 e. The van der Waals surface area contributed by atoms with Crippen molar-refractivity contribution in [2.24, 2.45) is 11.8 Å². The Kier molecular flexibility index (Phi) is 6.45. The predicted molar refractivity (Wildman–Crippen MR) is 128 cm³/mol. The standard InChI is InChI=1S/C28H32O9/c1-17-13-27-21(25(29)36-17)11-23(27)32-9-7-31-8-10-33-24-12-22-26(30)37-18(2)14-28(22,24)35-16-20-5-3-19(4-6-20)15-34-27/h3-6,13-14,21-24H,7-12,15-16H2,1-2H3/t21-,22-,23+,24+,27-,28-/m1/s1. The van der Waals surface area contributed by atoms with Gasteiger partial charge in [-0.2, -0.15) is 0 Å². The first-order valence-corrected chi connectivity index (χ1v) is 12.9. The molecule has 9 heteroatoms. The molecule has 0 unspecified atom stereocenters. The van der Waals surface area contributed by atoms with E-state index in [4.69, 9.17) is 33.2 Å². The van der Waals surface area contributed by atoms with Crippen molar-refractivity contribution in [1.29, 1.82) is 0 Å². The molecule has 2 spiro atoms. The Morgan fingerprint density at radius 3 is 1.54 bits per heavy atom. The molecule has 7 rings (SSSR count). The number of fused-ring (bicyclic) bond motifs is 10. The van der Waals surface area contributed by atoms with Gasteiger partial charge in [0.2, 0.25) is 0 Å². The van der Waals surface area contributed by atoms with E-state index < -0.39 is 23.0 Å². The van der Waals surface area contributed by atoms with Gasteiger partial charge in [-0.15, -0.1) is 0 Å². The number of cyclic esters (lactones) is 2. The van der Waals surface area contributed by atoms with E-state index in [2.05, 4.69) is 0 Å². The van der Waals surface area contributed by atoms with Crippen LogP contribution in [0.5, 0.6) is 0 Å². The number of hydrogen-bond donors (Lipinski definition) is 0. The molecule has 2 saturated carbocycles. The van der Waals surface area contributed by atoms with E-state index in [1.807, 2.05) is 36.4 Å². The minimum absolute atomic E-state index is 0.261. The Labute approximate surface area is 215 Å². The third kappa shape index (κ3) is 4.32. The van der Waals surface area contributed by atoms with E-state index >= 15 is 0 Å². The summed E-state index contributed by atoms with van der Waals surface area (Å²) in [5.41, 5.74) is 0.235. The summed E-state index contributed by atoms with van der Waals surface area (Å²) in [6, 6.07) is 7.94. The number of esters is 2. The summed E-state index contributed by atoms with van der Waals surface area (Å²) in [7, 11) is 0. The number of benzene rings is 1. The van der Waals surface area contributed by atoms with E-state index in [1.54, 1.807) is 13.8 Å². The van der Waals surface area contributed by atoms with Gasteiger partial charge in [0.1, 0.15) is 22.7 Å². The van der Waals surface area contributed by atoms with Crippen LogP contribution in [0.2, 0.25) is 0 Å². The zero-order chi connectivity index (χ0) is 25.6. The second-order valence-corrected chi connectivity index (χ2v) is 10.4. The summed E-state index contributed by atoms with van der Waals surface area (Å²) >= 11 is 0. The lowest BCUT2D eigenvalue weighted by atomic mass is 9.65. The van der Waals surface area contributed by atoms with Crippen LogP contribution in [0, 0.1) is 11.8 Å². The predicted octanol–water partition coefficient (Wildman–Crippen LogP) is 2.96. The molecule has 0 radical (unpaired) electrons. The van der Waals surface area contributed by atoms with Crippen molar-refractivity contribution in [3.05, 3.63) is 59.1 Å². The average Bonchev–Trinajstić information content (AvgIpc) is 2.84. The van der Waals surface area contributed by atoms with E-state index in [0.29, 0.717) is 64.0 Å². The lowest BCUT2D eigenvalue weighted by Gasteiger charge is -2.53. The highest BCUT2D eigenvalue weighted by molar-refractivity contribution is 5.79. The first kappa shape index (κ1) is 24.8. The van der Waals surface area contributed by atoms with Crippen LogP contribution in [0.15, 0.2) is 47.9 Å². The Balaban J connectivity index is 1.22. The number of ether oxygens (including phenoxy) is 7. The molecule has 9 nitrogen and oxygen atoms in total. The van der Waals surface area contributed by atoms with E-state index in [1.165, 1.54) is 0 Å². The van der Waals surface area contributed by atoms with Gasteiger partial charge in [-0.05, 0) is 50.0 Å². The lowest BCUT2D eigenvalue weighted by Crippen LogP contribution is -2.65. The molecule has 4 aliphatic heterocycles. The normalized spacial score (nSPS) is 38.2. The zero-order valence-electron chi connectivity index (χ0n) is 21.1. The molecule has 0 amide bonds. The van der Waals surface area contributed by atoms with Crippen LogP contribution in [0.25, 0.3) is 0 Å². The molecular weight excluding hydrogens is 480 g/mol. The Bertz CT molecular complexity index is 1040. The van der Waals surface area contributed by atoms with Crippen molar-refractivity contribution >= 4 is 11.9 Å². The number of carbonyl (C=O) groups excluding carboxylic acids is 2. The minimum atomic E-state index is -0.847. The SMILES string of the molecule is CC1=C[C@]23OCc4ccc(cc4)CO[C@]45C=C(C)OC(=O)[C@H]4C[C@@H]5OCCOCCO[C@H]2C[C@@H]3C(=O)O1. The van der Waals surface area contributed by atoms with Crippen molar-refractivity contribution in [2.75, 3.05) is 26.4 Å². The smallest absolute Gasteiger partial charge is 0.317 e. The second kappa shape index (κ2) is 9.63. The first-order valence-electron chi connectivity index (χ1n) is 12.9. The molecule has 6 atom stereocenters. The highest BCUT2D eigenvalue weighted by Gasteiger charge is 2.63. The third-order valence-corrected chi connectivity index (χ3v) is 8.04. The maximum Gasteiger partial charge on any atom is 0.317 e. The molecule has 37 heavy (non-hydrogen) atoms. The molecule has 4 heterocycles. The number of allylic oxidation sites excluding steroid dienone is 2. The summed E-state index contributed by atoms with van der Waals surface area (Å²) < 4.78 is 41.4. The van der Waals surface area contributed by atoms with Gasteiger partial charge in [0.05, 0.1) is 63.7 Å². The van der Waals surface area contributed by atoms with Gasteiger partial charge < -0.3 is 33.2 Å². The first-order chi connectivity index (χ1) is 17.9. The highest BCUT2D eigenvalue weighted by atomic mass is 16.6. The summed E-state index contributed by atoms with van der Waals surface area (Å²) in [5, 5.41) is 0. The number of carbonyl (C=O) groups is 2. The van der Waals surface area contributed by atoms with Crippen LogP contribution in [0.3, 0.4) is 0 Å². The molecule has 0 N–H and O–H groups in total. The van der Waals surface area contributed by atoms with Crippen molar-refractivity contribution < 1.29 is 42.7 Å². The Morgan fingerprint density at radius 1 is 0.676 bits per heavy atom. The fourth-order valence-corrected chi connectivity index (χ4v) is 6.01. The summed E-state index contributed by atoms with van der Waals surface area (Å²) in [6.07, 6.45) is 4.32. The van der Waals surface area contributed by atoms with Crippen molar-refractivity contribution in [1.82, 2.24) is 0 Å². The number of rotatable bonds is 0. The van der Waals surface area contributed by atoms with Gasteiger partial charge in [-0.3, -0.25) is 9.59 Å². The van der Waals surface area contributed by atoms with Gasteiger partial charge >= 0.3 is 11.9 Å². The van der Waals surface area contributed by atoms with Crippen LogP contribution in [0.4, 0.5) is 0 Å². The molecule has 2 fully saturated rings. The maximum atomic E-state index is 12.5. The molecule has 1 aromatic rings. The average molecular weight is 513 g/mol. The van der Waals surface area contributed by atoms with Gasteiger partial charge in [-0.1, -0.05) is 24.3 Å². The van der Waals surface area contributed by atoms with Gasteiger partial charge in [0, 0.05) is 0 Å². The fraction of sp³-hybridized carbons (Fsp3) is 0.571. The summed E-state index contributed by atoms with van der Waals surface area (Å²) in [5.74, 6) is -0.281. The van der Waals surface area contributed by atoms with Crippen molar-refractivity contribution in [3.63, 3.8) is 0 Å². The topological polar surface area (TPSA) is 98.8 Å². The molecule has 2 aliphatic carbocycles. The Hall–Kier alpha value is -2.56. The second-order valence-electron chi connectivity index (χ2n) is 10.4. The maximum absolute atomic E-state index is 12.5. The third-order valence-electron chi connectivity index (χ3n) is 8.04. The quantitative estimate of drug-likeness (QED) is 0.384. The molecule has 198 valence electrons. The molecule has 6 aliphatic rings. The van der Waals surface area contributed by atoms with Gasteiger partial charge in [0.15, 0.2) is 0 Å². The van der Waals surface area contributed by atoms with Gasteiger partial charge in [0.25, 0.3) is 0 Å². The van der Waals surface area contributed by atoms with E-state index in [-0.39, 0.29) is 24.1 Å². The van der Waals surface area contributed by atoms with E-state index in [9.17, 15) is 9.59 Å². The largest absolute Gasteiger partial charge is 0.431 e. The van der Waals surface area contributed by atoms with E-state index in [0.717, 1.165) is 11.1 Å². The highest BCUT2D eigenvalue weighted by Crippen LogP contribution is 2.50. The van der Waals surface area contributed by atoms with Crippen molar-refractivity contribution in [3.8, 4) is 0 Å². The summed E-state index contributed by atoms with van der Waals surface area (Å²) in [4.78, 5) is 25.0. The molecule has 2 bridgehead atoms. The monoisotopic (exact) mass is 512 g/mol. The van der Waals surface area contributed by atoms with Crippen LogP contribution in [0.1, 0.15) is 37.8 Å². The fourth-order valence-electron chi connectivity index (χ4n) is 6.01. The number of hydrogen-bond acceptors (Lipinski definition) is 9. The zero-order valence-corrected chi connectivity index (χ0v) is 21.1. The van der Waals surface area contributed by atoms with Crippen LogP contribution < -0.4 is 0 Å².